The molecule has 2 heteroatoms. The van der Waals surface area contributed by atoms with Crippen LogP contribution in [-0.2, 0) is 6.42 Å². The van der Waals surface area contributed by atoms with Crippen molar-refractivity contribution in [1.29, 1.82) is 0 Å². The maximum Gasteiger partial charge on any atom is 0.193 e. The highest BCUT2D eigenvalue weighted by atomic mass is 16.3. The Morgan fingerprint density at radius 2 is 1.47 bits per heavy atom. The summed E-state index contributed by atoms with van der Waals surface area (Å²) < 4.78 is 0. The largest absolute Gasteiger partial charge is 0.382 e. The summed E-state index contributed by atoms with van der Waals surface area (Å²) in [6, 6.07) is 17.6. The normalized spacial score (nSPS) is 11.3. The van der Waals surface area contributed by atoms with Crippen molar-refractivity contribution in [2.45, 2.75) is 25.9 Å². The van der Waals surface area contributed by atoms with Crippen LogP contribution >= 0.6 is 0 Å². The van der Waals surface area contributed by atoms with Gasteiger partial charge in [0.25, 0.3) is 0 Å². The number of carbonyl (C=O) groups is 1. The van der Waals surface area contributed by atoms with E-state index in [1.807, 2.05) is 30.3 Å². The molecule has 19 heavy (non-hydrogen) atoms. The van der Waals surface area contributed by atoms with Crippen LogP contribution in [0.5, 0.6) is 0 Å². The zero-order valence-corrected chi connectivity index (χ0v) is 11.3. The highest BCUT2D eigenvalue weighted by Gasteiger charge is 2.24. The Morgan fingerprint density at radius 1 is 0.947 bits per heavy atom. The molecule has 0 unspecified atom stereocenters. The van der Waals surface area contributed by atoms with Crippen LogP contribution in [0.3, 0.4) is 0 Å². The maximum absolute atomic E-state index is 11.9. The molecule has 0 saturated heterocycles. The first-order chi connectivity index (χ1) is 8.97. The predicted molar refractivity (Wildman–Crippen MR) is 76.3 cm³/mol. The third-order valence-corrected chi connectivity index (χ3v) is 3.02. The van der Waals surface area contributed by atoms with E-state index in [9.17, 15) is 9.90 Å². The van der Waals surface area contributed by atoms with Gasteiger partial charge in [0.2, 0.25) is 0 Å². The minimum absolute atomic E-state index is 0.251. The van der Waals surface area contributed by atoms with E-state index in [1.165, 1.54) is 19.4 Å². The van der Waals surface area contributed by atoms with Crippen LogP contribution in [0.25, 0.3) is 0 Å². The van der Waals surface area contributed by atoms with Gasteiger partial charge in [0, 0.05) is 5.56 Å². The molecule has 2 rings (SSSR count). The Hall–Kier alpha value is -1.93. The molecule has 2 nitrogen and oxygen atoms in total. The summed E-state index contributed by atoms with van der Waals surface area (Å²) in [4.78, 5) is 11.9. The third kappa shape index (κ3) is 3.52. The third-order valence-electron chi connectivity index (χ3n) is 3.02. The lowest BCUT2D eigenvalue weighted by molar-refractivity contribution is 0.0488. The molecule has 0 spiro atoms. The summed E-state index contributed by atoms with van der Waals surface area (Å²) in [5.74, 6) is -0.251. The highest BCUT2D eigenvalue weighted by molar-refractivity contribution is 6.01. The average molecular weight is 254 g/mol. The van der Waals surface area contributed by atoms with Gasteiger partial charge in [0.1, 0.15) is 5.60 Å². The van der Waals surface area contributed by atoms with Crippen molar-refractivity contribution < 1.29 is 9.90 Å². The summed E-state index contributed by atoms with van der Waals surface area (Å²) in [7, 11) is 0. The van der Waals surface area contributed by atoms with Gasteiger partial charge in [-0.25, -0.2) is 0 Å². The van der Waals surface area contributed by atoms with Crippen LogP contribution in [0.4, 0.5) is 0 Å². The fourth-order valence-electron chi connectivity index (χ4n) is 1.96. The van der Waals surface area contributed by atoms with Crippen molar-refractivity contribution in [3.63, 3.8) is 0 Å². The van der Waals surface area contributed by atoms with Gasteiger partial charge in [0.15, 0.2) is 5.78 Å². The van der Waals surface area contributed by atoms with Crippen molar-refractivity contribution in [2.75, 3.05) is 0 Å². The fraction of sp³-hybridized carbons (Fsp3) is 0.235. The molecule has 2 aromatic rings. The van der Waals surface area contributed by atoms with Crippen LogP contribution in [0.2, 0.25) is 0 Å². The summed E-state index contributed by atoms with van der Waals surface area (Å²) >= 11 is 0. The zero-order chi connectivity index (χ0) is 13.9. The second-order valence-corrected chi connectivity index (χ2v) is 5.25. The lowest BCUT2D eigenvalue weighted by Crippen LogP contribution is -2.31. The molecule has 1 N–H and O–H groups in total. The van der Waals surface area contributed by atoms with Crippen LogP contribution in [0.15, 0.2) is 54.6 Å². The van der Waals surface area contributed by atoms with Crippen molar-refractivity contribution in [3.05, 3.63) is 71.3 Å². The van der Waals surface area contributed by atoms with Crippen molar-refractivity contribution in [3.8, 4) is 0 Å². The van der Waals surface area contributed by atoms with E-state index < -0.39 is 5.60 Å². The number of ketones is 1. The first-order valence-electron chi connectivity index (χ1n) is 6.37. The van der Waals surface area contributed by atoms with E-state index in [0.29, 0.717) is 5.56 Å². The van der Waals surface area contributed by atoms with Gasteiger partial charge >= 0.3 is 0 Å². The number of aliphatic hydroxyl groups is 1. The molecule has 0 aliphatic heterocycles. The molecule has 0 atom stereocenters. The van der Waals surface area contributed by atoms with E-state index >= 15 is 0 Å². The molecule has 98 valence electrons. The molecule has 0 amide bonds. The number of Topliss-reactive ketones (excluding diaryl/α,β-unsaturated/α-hetero) is 1. The van der Waals surface area contributed by atoms with Crippen molar-refractivity contribution in [2.24, 2.45) is 0 Å². The molecule has 0 aliphatic carbocycles. The quantitative estimate of drug-likeness (QED) is 0.850. The highest BCUT2D eigenvalue weighted by Crippen LogP contribution is 2.15. The van der Waals surface area contributed by atoms with E-state index in [-0.39, 0.29) is 5.78 Å². The number of hydrogen-bond acceptors (Lipinski definition) is 2. The monoisotopic (exact) mass is 254 g/mol. The number of benzene rings is 2. The van der Waals surface area contributed by atoms with Gasteiger partial charge < -0.3 is 5.11 Å². The van der Waals surface area contributed by atoms with Gasteiger partial charge in [-0.1, -0.05) is 54.6 Å². The maximum atomic E-state index is 11.9. The van der Waals surface area contributed by atoms with Crippen LogP contribution in [-0.4, -0.2) is 16.5 Å². The van der Waals surface area contributed by atoms with E-state index in [1.54, 1.807) is 12.1 Å². The average Bonchev–Trinajstić information content (AvgIpc) is 2.39. The second kappa shape index (κ2) is 5.37. The number of rotatable bonds is 4. The molecule has 0 aromatic heterocycles. The minimum atomic E-state index is -1.32. The van der Waals surface area contributed by atoms with Gasteiger partial charge in [0.05, 0.1) is 0 Å². The fourth-order valence-corrected chi connectivity index (χ4v) is 1.96. The molecular weight excluding hydrogens is 236 g/mol. The van der Waals surface area contributed by atoms with Crippen LogP contribution in [0, 0.1) is 0 Å². The molecule has 2 aromatic carbocycles. The van der Waals surface area contributed by atoms with Gasteiger partial charge in [-0.15, -0.1) is 0 Å². The standard InChI is InChI=1S/C17H18O2/c1-17(2,19)16(18)15-10-8-14(9-11-15)12-13-6-4-3-5-7-13/h3-11,19H,12H2,1-2H3. The lowest BCUT2D eigenvalue weighted by Gasteiger charge is -2.15. The summed E-state index contributed by atoms with van der Waals surface area (Å²) in [6.07, 6.45) is 0.845. The van der Waals surface area contributed by atoms with Crippen LogP contribution < -0.4 is 0 Å². The Labute approximate surface area is 113 Å². The summed E-state index contributed by atoms with van der Waals surface area (Å²) in [5, 5.41) is 9.69. The molecule has 0 radical (unpaired) electrons. The smallest absolute Gasteiger partial charge is 0.193 e. The minimum Gasteiger partial charge on any atom is -0.382 e. The first kappa shape index (κ1) is 13.5. The number of carbonyl (C=O) groups excluding carboxylic acids is 1. The molecule has 0 bridgehead atoms. The van der Waals surface area contributed by atoms with E-state index in [0.717, 1.165) is 12.0 Å². The Morgan fingerprint density at radius 3 is 2.00 bits per heavy atom. The van der Waals surface area contributed by atoms with E-state index in [2.05, 4.69) is 12.1 Å². The van der Waals surface area contributed by atoms with Gasteiger partial charge in [-0.3, -0.25) is 4.79 Å². The summed E-state index contributed by atoms with van der Waals surface area (Å²) in [6.45, 7) is 3.01. The van der Waals surface area contributed by atoms with Gasteiger partial charge in [-0.05, 0) is 31.4 Å². The Balaban J connectivity index is 2.13. The molecule has 0 aliphatic rings. The van der Waals surface area contributed by atoms with Crippen molar-refractivity contribution >= 4 is 5.78 Å². The number of hydrogen-bond donors (Lipinski definition) is 1. The SMILES string of the molecule is CC(C)(O)C(=O)c1ccc(Cc2ccccc2)cc1. The first-order valence-corrected chi connectivity index (χ1v) is 6.37. The Bertz CT molecular complexity index is 548. The molecule has 0 saturated carbocycles. The molecule has 0 heterocycles. The molecule has 0 fully saturated rings. The lowest BCUT2D eigenvalue weighted by atomic mass is 9.95. The van der Waals surface area contributed by atoms with Crippen LogP contribution in [0.1, 0.15) is 35.3 Å². The molecular formula is C17H18O2. The van der Waals surface area contributed by atoms with Crippen molar-refractivity contribution in [1.82, 2.24) is 0 Å². The predicted octanol–water partition coefficient (Wildman–Crippen LogP) is 3.23. The van der Waals surface area contributed by atoms with E-state index in [4.69, 9.17) is 0 Å². The zero-order valence-electron chi connectivity index (χ0n) is 11.3. The topological polar surface area (TPSA) is 37.3 Å². The second-order valence-electron chi connectivity index (χ2n) is 5.25. The van der Waals surface area contributed by atoms with Gasteiger partial charge in [-0.2, -0.15) is 0 Å². The summed E-state index contributed by atoms with van der Waals surface area (Å²) in [5.41, 5.74) is 1.62. The Kier molecular flexibility index (Phi) is 3.82.